The standard InChI is InChI=1S/C14H11N3O5/c18-12-4-2-1-3-10(12)14(20)16-15-8-9-5-6-13(19)11(7-9)17(21)22/h1-8,18-19H,(H,16,20)/b15-8+. The van der Waals surface area contributed by atoms with Gasteiger partial charge in [0.1, 0.15) is 5.75 Å². The molecule has 1 amide bonds. The predicted octanol–water partition coefficient (Wildman–Crippen LogP) is 1.77. The van der Waals surface area contributed by atoms with Gasteiger partial charge >= 0.3 is 5.69 Å². The lowest BCUT2D eigenvalue weighted by molar-refractivity contribution is -0.385. The molecule has 2 aromatic rings. The number of hydrogen-bond acceptors (Lipinski definition) is 6. The molecule has 3 N–H and O–H groups in total. The molecule has 0 aliphatic rings. The number of benzene rings is 2. The Morgan fingerprint density at radius 3 is 2.59 bits per heavy atom. The lowest BCUT2D eigenvalue weighted by Crippen LogP contribution is -2.17. The van der Waals surface area contributed by atoms with Gasteiger partial charge in [0.25, 0.3) is 5.91 Å². The van der Waals surface area contributed by atoms with Crippen LogP contribution in [0.25, 0.3) is 0 Å². The van der Waals surface area contributed by atoms with E-state index in [0.717, 1.165) is 12.1 Å². The number of phenolic OH excluding ortho intramolecular Hbond substituents is 2. The summed E-state index contributed by atoms with van der Waals surface area (Å²) >= 11 is 0. The molecule has 0 unspecified atom stereocenters. The summed E-state index contributed by atoms with van der Waals surface area (Å²) in [7, 11) is 0. The van der Waals surface area contributed by atoms with E-state index in [-0.39, 0.29) is 11.3 Å². The average molecular weight is 301 g/mol. The molecule has 0 atom stereocenters. The van der Waals surface area contributed by atoms with Crippen LogP contribution in [0.2, 0.25) is 0 Å². The molecular weight excluding hydrogens is 290 g/mol. The van der Waals surface area contributed by atoms with Gasteiger partial charge in [-0.05, 0) is 24.3 Å². The van der Waals surface area contributed by atoms with Crippen LogP contribution in [0.4, 0.5) is 5.69 Å². The Morgan fingerprint density at radius 1 is 1.18 bits per heavy atom. The number of hydrazone groups is 1. The number of phenols is 2. The van der Waals surface area contributed by atoms with E-state index in [0.29, 0.717) is 5.56 Å². The molecule has 8 nitrogen and oxygen atoms in total. The molecule has 0 bridgehead atoms. The van der Waals surface area contributed by atoms with E-state index < -0.39 is 22.3 Å². The van der Waals surface area contributed by atoms with Gasteiger partial charge in [-0.15, -0.1) is 0 Å². The van der Waals surface area contributed by atoms with Gasteiger partial charge in [-0.1, -0.05) is 12.1 Å². The van der Waals surface area contributed by atoms with Crippen LogP contribution >= 0.6 is 0 Å². The predicted molar refractivity (Wildman–Crippen MR) is 77.9 cm³/mol. The fourth-order valence-electron chi connectivity index (χ4n) is 1.66. The van der Waals surface area contributed by atoms with Gasteiger partial charge in [-0.25, -0.2) is 5.43 Å². The molecule has 0 fully saturated rings. The van der Waals surface area contributed by atoms with E-state index in [1.165, 1.54) is 24.4 Å². The molecule has 0 heterocycles. The van der Waals surface area contributed by atoms with E-state index in [2.05, 4.69) is 10.5 Å². The molecule has 0 saturated heterocycles. The highest BCUT2D eigenvalue weighted by atomic mass is 16.6. The van der Waals surface area contributed by atoms with E-state index in [4.69, 9.17) is 0 Å². The van der Waals surface area contributed by atoms with Gasteiger partial charge in [-0.2, -0.15) is 5.10 Å². The number of rotatable bonds is 4. The minimum absolute atomic E-state index is 0.0522. The van der Waals surface area contributed by atoms with Crippen LogP contribution < -0.4 is 5.43 Å². The normalized spacial score (nSPS) is 10.5. The van der Waals surface area contributed by atoms with Crippen molar-refractivity contribution in [3.8, 4) is 11.5 Å². The Hall–Kier alpha value is -3.42. The summed E-state index contributed by atoms with van der Waals surface area (Å²) in [5, 5.41) is 33.2. The van der Waals surface area contributed by atoms with Crippen LogP contribution in [0.3, 0.4) is 0 Å². The lowest BCUT2D eigenvalue weighted by Gasteiger charge is -2.02. The summed E-state index contributed by atoms with van der Waals surface area (Å²) < 4.78 is 0. The summed E-state index contributed by atoms with van der Waals surface area (Å²) in [6.07, 6.45) is 1.18. The van der Waals surface area contributed by atoms with Gasteiger partial charge in [0.2, 0.25) is 0 Å². The van der Waals surface area contributed by atoms with Crippen LogP contribution in [0, 0.1) is 10.1 Å². The quantitative estimate of drug-likeness (QED) is 0.451. The summed E-state index contributed by atoms with van der Waals surface area (Å²) in [5.74, 6) is -1.27. The number of nitrogens with zero attached hydrogens (tertiary/aromatic N) is 2. The van der Waals surface area contributed by atoms with Gasteiger partial charge in [-0.3, -0.25) is 14.9 Å². The first kappa shape index (κ1) is 15.0. The molecule has 8 heteroatoms. The molecule has 2 aromatic carbocycles. The van der Waals surface area contributed by atoms with Crippen LogP contribution in [0.5, 0.6) is 11.5 Å². The molecule has 0 aliphatic carbocycles. The number of carbonyl (C=O) groups excluding carboxylic acids is 1. The summed E-state index contributed by atoms with van der Waals surface area (Å²) in [4.78, 5) is 21.7. The third kappa shape index (κ3) is 3.37. The maximum atomic E-state index is 11.8. The number of carbonyl (C=O) groups is 1. The Balaban J connectivity index is 2.10. The highest BCUT2D eigenvalue weighted by Gasteiger charge is 2.13. The molecule has 0 aliphatic heterocycles. The molecule has 0 radical (unpaired) electrons. The van der Waals surface area contributed by atoms with E-state index in [1.54, 1.807) is 12.1 Å². The smallest absolute Gasteiger partial charge is 0.311 e. The van der Waals surface area contributed by atoms with E-state index >= 15 is 0 Å². The molecule has 112 valence electrons. The van der Waals surface area contributed by atoms with Crippen molar-refractivity contribution in [1.29, 1.82) is 0 Å². The van der Waals surface area contributed by atoms with Gasteiger partial charge in [0, 0.05) is 11.6 Å². The van der Waals surface area contributed by atoms with Gasteiger partial charge in [0.05, 0.1) is 16.7 Å². The van der Waals surface area contributed by atoms with Crippen molar-refractivity contribution >= 4 is 17.8 Å². The number of amides is 1. The highest BCUT2D eigenvalue weighted by molar-refractivity contribution is 5.97. The van der Waals surface area contributed by atoms with Crippen LogP contribution in [-0.4, -0.2) is 27.3 Å². The van der Waals surface area contributed by atoms with Crippen LogP contribution in [0.15, 0.2) is 47.6 Å². The average Bonchev–Trinajstić information content (AvgIpc) is 2.49. The fourth-order valence-corrected chi connectivity index (χ4v) is 1.66. The van der Waals surface area contributed by atoms with Gasteiger partial charge < -0.3 is 10.2 Å². The van der Waals surface area contributed by atoms with E-state index in [9.17, 15) is 25.1 Å². The zero-order chi connectivity index (χ0) is 16.1. The van der Waals surface area contributed by atoms with Gasteiger partial charge in [0.15, 0.2) is 5.75 Å². The first-order valence-electron chi connectivity index (χ1n) is 6.08. The minimum Gasteiger partial charge on any atom is -0.507 e. The van der Waals surface area contributed by atoms with Crippen molar-refractivity contribution < 1.29 is 19.9 Å². The molecule has 0 spiro atoms. The second-order valence-corrected chi connectivity index (χ2v) is 4.22. The lowest BCUT2D eigenvalue weighted by atomic mass is 10.2. The second kappa shape index (κ2) is 6.35. The van der Waals surface area contributed by atoms with Crippen molar-refractivity contribution in [3.63, 3.8) is 0 Å². The largest absolute Gasteiger partial charge is 0.507 e. The number of para-hydroxylation sites is 1. The molecule has 2 rings (SSSR count). The zero-order valence-electron chi connectivity index (χ0n) is 11.1. The fraction of sp³-hybridized carbons (Fsp3) is 0. The van der Waals surface area contributed by atoms with E-state index in [1.807, 2.05) is 0 Å². The maximum Gasteiger partial charge on any atom is 0.311 e. The summed E-state index contributed by atoms with van der Waals surface area (Å²) in [5.41, 5.74) is 2.10. The zero-order valence-corrected chi connectivity index (χ0v) is 11.1. The SMILES string of the molecule is O=C(N/N=C/c1ccc(O)c([N+](=O)[O-])c1)c1ccccc1O. The molecule has 0 saturated carbocycles. The van der Waals surface area contributed by atoms with Crippen LogP contribution in [-0.2, 0) is 0 Å². The number of nitro benzene ring substituents is 1. The molecular formula is C14H11N3O5. The summed E-state index contributed by atoms with van der Waals surface area (Å²) in [6.45, 7) is 0. The Bertz CT molecular complexity index is 758. The van der Waals surface area contributed by atoms with Crippen LogP contribution in [0.1, 0.15) is 15.9 Å². The first-order valence-corrected chi connectivity index (χ1v) is 6.08. The highest BCUT2D eigenvalue weighted by Crippen LogP contribution is 2.25. The maximum absolute atomic E-state index is 11.8. The number of hydrogen-bond donors (Lipinski definition) is 3. The third-order valence-corrected chi connectivity index (χ3v) is 2.72. The number of aromatic hydroxyl groups is 2. The molecule has 22 heavy (non-hydrogen) atoms. The van der Waals surface area contributed by atoms with Crippen molar-refractivity contribution in [3.05, 3.63) is 63.7 Å². The third-order valence-electron chi connectivity index (χ3n) is 2.72. The first-order chi connectivity index (χ1) is 10.5. The van der Waals surface area contributed by atoms with Crippen molar-refractivity contribution in [2.75, 3.05) is 0 Å². The summed E-state index contributed by atoms with van der Waals surface area (Å²) in [6, 6.07) is 9.62. The molecule has 0 aromatic heterocycles. The van der Waals surface area contributed by atoms with Crippen molar-refractivity contribution in [1.82, 2.24) is 5.43 Å². The minimum atomic E-state index is -0.729. The Morgan fingerprint density at radius 2 is 1.91 bits per heavy atom. The van der Waals surface area contributed by atoms with Crippen molar-refractivity contribution in [2.45, 2.75) is 0 Å². The van der Waals surface area contributed by atoms with Crippen molar-refractivity contribution in [2.24, 2.45) is 5.10 Å². The Labute approximate surface area is 124 Å². The topological polar surface area (TPSA) is 125 Å². The number of nitro groups is 1. The second-order valence-electron chi connectivity index (χ2n) is 4.22. The number of nitrogens with one attached hydrogen (secondary N) is 1. The Kier molecular flexibility index (Phi) is 4.33. The monoisotopic (exact) mass is 301 g/mol.